The quantitative estimate of drug-likeness (QED) is 0.488. The van der Waals surface area contributed by atoms with Crippen LogP contribution in [0, 0.1) is 5.82 Å². The van der Waals surface area contributed by atoms with Gasteiger partial charge in [0, 0.05) is 12.3 Å². The van der Waals surface area contributed by atoms with E-state index in [1.807, 2.05) is 0 Å². The summed E-state index contributed by atoms with van der Waals surface area (Å²) < 4.78 is 59.3. The molecule has 2 N–H and O–H groups in total. The van der Waals surface area contributed by atoms with Crippen LogP contribution in [0.25, 0.3) is 16.6 Å². The van der Waals surface area contributed by atoms with Crippen LogP contribution in [0.1, 0.15) is 5.56 Å². The molecule has 0 saturated heterocycles. The molecule has 11 heteroatoms. The monoisotopic (exact) mass is 419 g/mol. The number of alkyl halides is 3. The third-order valence-corrected chi connectivity index (χ3v) is 4.31. The van der Waals surface area contributed by atoms with E-state index >= 15 is 0 Å². The number of para-hydroxylation sites is 1. The highest BCUT2D eigenvalue weighted by atomic mass is 19.4. The number of halogens is 4. The molecule has 0 saturated carbocycles. The lowest BCUT2D eigenvalue weighted by molar-refractivity contribution is -0.138. The van der Waals surface area contributed by atoms with Gasteiger partial charge in [-0.05, 0) is 24.3 Å². The summed E-state index contributed by atoms with van der Waals surface area (Å²) in [5.74, 6) is -0.408. The molecule has 0 aliphatic heterocycles. The molecule has 0 amide bonds. The van der Waals surface area contributed by atoms with Gasteiger partial charge in [-0.15, -0.1) is 0 Å². The van der Waals surface area contributed by atoms with Gasteiger partial charge in [0.15, 0.2) is 5.75 Å². The summed E-state index contributed by atoms with van der Waals surface area (Å²) in [5, 5.41) is 5.51. The molecule has 0 aliphatic carbocycles. The highest BCUT2D eigenvalue weighted by Crippen LogP contribution is 2.39. The van der Waals surface area contributed by atoms with Crippen molar-refractivity contribution in [3.05, 3.63) is 70.5 Å². The maximum absolute atomic E-state index is 13.4. The van der Waals surface area contributed by atoms with Crippen LogP contribution in [0.3, 0.4) is 0 Å². The van der Waals surface area contributed by atoms with E-state index in [0.717, 1.165) is 19.4 Å². The highest BCUT2D eigenvalue weighted by Gasteiger charge is 2.35. The first kappa shape index (κ1) is 19.4. The Labute approximate surface area is 165 Å². The molecule has 3 heterocycles. The van der Waals surface area contributed by atoms with E-state index in [-0.39, 0.29) is 22.4 Å². The van der Waals surface area contributed by atoms with Crippen molar-refractivity contribution in [2.45, 2.75) is 6.18 Å². The predicted octanol–water partition coefficient (Wildman–Crippen LogP) is 4.02. The average molecular weight is 419 g/mol. The minimum atomic E-state index is -4.65. The van der Waals surface area contributed by atoms with Gasteiger partial charge < -0.3 is 10.1 Å². The molecule has 30 heavy (non-hydrogen) atoms. The fourth-order valence-electron chi connectivity index (χ4n) is 3.00. The van der Waals surface area contributed by atoms with Gasteiger partial charge in [0.25, 0.3) is 5.56 Å². The number of aromatic amines is 1. The first-order valence-electron chi connectivity index (χ1n) is 8.52. The third-order valence-electron chi connectivity index (χ3n) is 4.31. The fraction of sp³-hybridized carbons (Fsp3) is 0.105. The first-order chi connectivity index (χ1) is 14.3. The van der Waals surface area contributed by atoms with Gasteiger partial charge in [0.05, 0.1) is 29.8 Å². The second-order valence-electron chi connectivity index (χ2n) is 6.21. The Morgan fingerprint density at radius 2 is 1.87 bits per heavy atom. The second kappa shape index (κ2) is 7.17. The Hall–Kier alpha value is -3.89. The molecular formula is C19H13F4N5O2. The smallest absolute Gasteiger partial charge is 0.420 e. The number of anilines is 2. The number of ether oxygens (including phenoxy) is 1. The minimum Gasteiger partial charge on any atom is -0.494 e. The van der Waals surface area contributed by atoms with Crippen molar-refractivity contribution < 1.29 is 22.3 Å². The standard InChI is InChI=1S/C19H13F4N5O2/c1-30-17-12(19(21,22)23)3-2-4-13(17)28-14-7-16(25-9-11(14)18(29)27-28)26-15-6-5-10(20)8-24-15/h2-9H,1H3,(H,27,29)(H,24,25,26). The van der Waals surface area contributed by atoms with Crippen LogP contribution in [0.15, 0.2) is 53.6 Å². The van der Waals surface area contributed by atoms with Crippen molar-refractivity contribution in [2.75, 3.05) is 12.4 Å². The van der Waals surface area contributed by atoms with Gasteiger partial charge >= 0.3 is 6.18 Å². The van der Waals surface area contributed by atoms with E-state index in [1.54, 1.807) is 0 Å². The van der Waals surface area contributed by atoms with Gasteiger partial charge in [0.2, 0.25) is 0 Å². The number of hydrogen-bond acceptors (Lipinski definition) is 5. The minimum absolute atomic E-state index is 0.00326. The molecule has 0 spiro atoms. The number of fused-ring (bicyclic) bond motifs is 1. The number of aromatic nitrogens is 4. The van der Waals surface area contributed by atoms with Crippen LogP contribution in [-0.4, -0.2) is 26.9 Å². The fourth-order valence-corrected chi connectivity index (χ4v) is 3.00. The Bertz CT molecular complexity index is 1280. The van der Waals surface area contributed by atoms with Crippen LogP contribution in [-0.2, 0) is 6.18 Å². The van der Waals surface area contributed by atoms with Crippen molar-refractivity contribution in [1.82, 2.24) is 19.7 Å². The number of nitrogens with zero attached hydrogens (tertiary/aromatic N) is 3. The summed E-state index contributed by atoms with van der Waals surface area (Å²) in [4.78, 5) is 20.3. The van der Waals surface area contributed by atoms with E-state index in [4.69, 9.17) is 4.74 Å². The SMILES string of the molecule is COc1c(-n2[nH]c(=O)c3cnc(Nc4ccc(F)cn4)cc32)cccc1C(F)(F)F. The van der Waals surface area contributed by atoms with Crippen LogP contribution in [0.4, 0.5) is 29.2 Å². The zero-order valence-corrected chi connectivity index (χ0v) is 15.3. The van der Waals surface area contributed by atoms with Crippen LogP contribution < -0.4 is 15.6 Å². The lowest BCUT2D eigenvalue weighted by atomic mass is 10.1. The van der Waals surface area contributed by atoms with Crippen molar-refractivity contribution in [3.8, 4) is 11.4 Å². The lowest BCUT2D eigenvalue weighted by Crippen LogP contribution is -2.11. The van der Waals surface area contributed by atoms with Gasteiger partial charge in [-0.2, -0.15) is 13.2 Å². The predicted molar refractivity (Wildman–Crippen MR) is 101 cm³/mol. The Balaban J connectivity index is 1.86. The molecular weight excluding hydrogens is 406 g/mol. The molecule has 0 aliphatic rings. The summed E-state index contributed by atoms with van der Waals surface area (Å²) >= 11 is 0. The molecule has 0 radical (unpaired) electrons. The maximum atomic E-state index is 13.4. The van der Waals surface area contributed by atoms with E-state index in [9.17, 15) is 22.4 Å². The number of rotatable bonds is 4. The lowest BCUT2D eigenvalue weighted by Gasteiger charge is -2.16. The van der Waals surface area contributed by atoms with Crippen LogP contribution >= 0.6 is 0 Å². The number of nitrogens with one attached hydrogen (secondary N) is 2. The van der Waals surface area contributed by atoms with Crippen molar-refractivity contribution in [1.29, 1.82) is 0 Å². The number of benzene rings is 1. The summed E-state index contributed by atoms with van der Waals surface area (Å²) in [5.41, 5.74) is -1.26. The van der Waals surface area contributed by atoms with Gasteiger partial charge in [-0.25, -0.2) is 19.0 Å². The summed E-state index contributed by atoms with van der Waals surface area (Å²) in [6.45, 7) is 0. The van der Waals surface area contributed by atoms with Crippen molar-refractivity contribution >= 4 is 22.5 Å². The molecule has 0 fully saturated rings. The molecule has 3 aromatic heterocycles. The van der Waals surface area contributed by atoms with Gasteiger partial charge in [-0.1, -0.05) is 6.07 Å². The summed E-state index contributed by atoms with van der Waals surface area (Å²) in [7, 11) is 1.12. The third kappa shape index (κ3) is 3.45. The summed E-state index contributed by atoms with van der Waals surface area (Å²) in [6.07, 6.45) is -2.36. The van der Waals surface area contributed by atoms with Gasteiger partial charge in [-0.3, -0.25) is 9.89 Å². The van der Waals surface area contributed by atoms with Crippen LogP contribution in [0.5, 0.6) is 5.75 Å². The molecule has 7 nitrogen and oxygen atoms in total. The molecule has 1 aromatic carbocycles. The molecule has 4 rings (SSSR count). The second-order valence-corrected chi connectivity index (χ2v) is 6.21. The normalized spacial score (nSPS) is 11.6. The zero-order valence-electron chi connectivity index (χ0n) is 15.3. The number of methoxy groups -OCH3 is 1. The maximum Gasteiger partial charge on any atom is 0.420 e. The van der Waals surface area contributed by atoms with E-state index in [1.165, 1.54) is 41.2 Å². The molecule has 0 unspecified atom stereocenters. The van der Waals surface area contributed by atoms with Crippen molar-refractivity contribution in [2.24, 2.45) is 0 Å². The van der Waals surface area contributed by atoms with Crippen molar-refractivity contribution in [3.63, 3.8) is 0 Å². The van der Waals surface area contributed by atoms with E-state index < -0.39 is 28.9 Å². The Morgan fingerprint density at radius 1 is 1.10 bits per heavy atom. The average Bonchev–Trinajstić information content (AvgIpc) is 3.04. The molecule has 4 aromatic rings. The first-order valence-corrected chi connectivity index (χ1v) is 8.52. The zero-order chi connectivity index (χ0) is 21.5. The Kier molecular flexibility index (Phi) is 4.65. The highest BCUT2D eigenvalue weighted by molar-refractivity contribution is 5.83. The molecule has 0 bridgehead atoms. The van der Waals surface area contributed by atoms with E-state index in [2.05, 4.69) is 20.4 Å². The summed E-state index contributed by atoms with van der Waals surface area (Å²) in [6, 6.07) is 7.54. The number of pyridine rings is 2. The van der Waals surface area contributed by atoms with E-state index in [0.29, 0.717) is 5.82 Å². The van der Waals surface area contributed by atoms with Gasteiger partial charge in [0.1, 0.15) is 23.1 Å². The Morgan fingerprint density at radius 3 is 2.53 bits per heavy atom. The number of hydrogen-bond donors (Lipinski definition) is 2. The number of H-pyrrole nitrogens is 1. The van der Waals surface area contributed by atoms with Crippen LogP contribution in [0.2, 0.25) is 0 Å². The molecule has 154 valence electrons. The largest absolute Gasteiger partial charge is 0.494 e. The molecule has 0 atom stereocenters. The topological polar surface area (TPSA) is 84.8 Å².